The summed E-state index contributed by atoms with van der Waals surface area (Å²) in [6, 6.07) is 6.32. The van der Waals surface area contributed by atoms with Gasteiger partial charge in [0.15, 0.2) is 0 Å². The van der Waals surface area contributed by atoms with Gasteiger partial charge in [-0.2, -0.15) is 0 Å². The molecule has 3 amide bonds. The van der Waals surface area contributed by atoms with Crippen molar-refractivity contribution >= 4 is 39.3 Å². The van der Waals surface area contributed by atoms with Gasteiger partial charge < -0.3 is 30.1 Å². The zero-order chi connectivity index (χ0) is 30.9. The minimum atomic E-state index is -1.09. The highest BCUT2D eigenvalue weighted by atomic mass is 79.9. The summed E-state index contributed by atoms with van der Waals surface area (Å²) < 4.78 is 12.1. The lowest BCUT2D eigenvalue weighted by atomic mass is 9.70. The molecule has 10 heteroatoms. The third-order valence-electron chi connectivity index (χ3n) is 8.51. The van der Waals surface area contributed by atoms with Gasteiger partial charge in [-0.3, -0.25) is 14.4 Å². The number of fused-ring (bicyclic) bond motifs is 1. The molecule has 0 saturated carbocycles. The van der Waals surface area contributed by atoms with E-state index < -0.39 is 35.1 Å². The van der Waals surface area contributed by atoms with Crippen LogP contribution in [0, 0.1) is 17.3 Å². The number of ether oxygens (including phenoxy) is 2. The fourth-order valence-electron chi connectivity index (χ4n) is 7.52. The van der Waals surface area contributed by atoms with E-state index in [1.54, 1.807) is 29.2 Å². The van der Waals surface area contributed by atoms with Crippen molar-refractivity contribution in [3.8, 4) is 5.75 Å². The number of nitrogens with one attached hydrogen (secondary N) is 2. The second-order valence-corrected chi connectivity index (χ2v) is 15.1. The van der Waals surface area contributed by atoms with E-state index in [0.29, 0.717) is 43.9 Å². The molecular formula is C32H48BrN3O6. The fraction of sp³-hybridized carbons (Fsp3) is 0.719. The molecule has 234 valence electrons. The Hall–Kier alpha value is -2.17. The Kier molecular flexibility index (Phi) is 10.00. The lowest BCUT2D eigenvalue weighted by Crippen LogP contribution is -2.59. The third-order valence-corrected chi connectivity index (χ3v) is 9.36. The van der Waals surface area contributed by atoms with Crippen LogP contribution >= 0.6 is 15.9 Å². The topological polar surface area (TPSA) is 117 Å². The Morgan fingerprint density at radius 3 is 2.38 bits per heavy atom. The van der Waals surface area contributed by atoms with Gasteiger partial charge in [0, 0.05) is 29.2 Å². The number of rotatable bonds is 13. The second-order valence-electron chi connectivity index (χ2n) is 13.9. The molecule has 0 aliphatic carbocycles. The number of nitrogens with zero attached hydrogens (tertiary/aromatic N) is 1. The maximum atomic E-state index is 14.2. The van der Waals surface area contributed by atoms with E-state index in [4.69, 9.17) is 14.6 Å². The Morgan fingerprint density at radius 1 is 1.10 bits per heavy atom. The number of unbranched alkanes of at least 4 members (excludes halogenated alkanes) is 3. The maximum absolute atomic E-state index is 14.2. The standard InChI is InChI=1S/C32H48BrN3O6/c1-7-41-21-14-12-20(13-15-21)34-27(38)23-24-29(40)36(16-10-8-9-11-17-37)26(32(24)18-22(33)25(23)42-32)28(39)35-31(5,6)19-30(2,3)4/h12-15,22-26,37H,7-11,16-19H2,1-6H3,(H,34,38)(H,35,39)/t22?,23-,24+,25-,26?,32?/m1/s1. The molecule has 42 heavy (non-hydrogen) atoms. The molecule has 3 aliphatic heterocycles. The van der Waals surface area contributed by atoms with E-state index in [0.717, 1.165) is 19.3 Å². The highest BCUT2D eigenvalue weighted by Gasteiger charge is 2.76. The van der Waals surface area contributed by atoms with Crippen LogP contribution in [-0.4, -0.2) is 75.6 Å². The first-order valence-corrected chi connectivity index (χ1v) is 16.2. The highest BCUT2D eigenvalue weighted by molar-refractivity contribution is 9.09. The first-order chi connectivity index (χ1) is 19.7. The fourth-order valence-corrected chi connectivity index (χ4v) is 8.46. The number of halogens is 1. The minimum Gasteiger partial charge on any atom is -0.494 e. The Bertz CT molecular complexity index is 1140. The number of alkyl halides is 1. The molecule has 3 fully saturated rings. The quantitative estimate of drug-likeness (QED) is 0.211. The van der Waals surface area contributed by atoms with Crippen LogP contribution in [0.25, 0.3) is 0 Å². The maximum Gasteiger partial charge on any atom is 0.246 e. The van der Waals surface area contributed by atoms with Crippen LogP contribution in [0.2, 0.25) is 0 Å². The number of anilines is 1. The van der Waals surface area contributed by atoms with Gasteiger partial charge in [0.1, 0.15) is 17.4 Å². The molecule has 2 bridgehead atoms. The summed E-state index contributed by atoms with van der Waals surface area (Å²) in [5.41, 5.74) is -1.00. The predicted octanol–water partition coefficient (Wildman–Crippen LogP) is 4.66. The minimum absolute atomic E-state index is 0.0111. The predicted molar refractivity (Wildman–Crippen MR) is 166 cm³/mol. The van der Waals surface area contributed by atoms with Crippen LogP contribution in [0.3, 0.4) is 0 Å². The van der Waals surface area contributed by atoms with Crippen molar-refractivity contribution in [1.29, 1.82) is 0 Å². The number of hydrogen-bond acceptors (Lipinski definition) is 6. The molecular weight excluding hydrogens is 602 g/mol. The number of likely N-dealkylation sites (tertiary alicyclic amines) is 1. The summed E-state index contributed by atoms with van der Waals surface area (Å²) in [7, 11) is 0. The van der Waals surface area contributed by atoms with Crippen molar-refractivity contribution in [2.75, 3.05) is 25.1 Å². The number of amides is 3. The van der Waals surface area contributed by atoms with Gasteiger partial charge in [-0.25, -0.2) is 0 Å². The van der Waals surface area contributed by atoms with Crippen molar-refractivity contribution < 1.29 is 29.0 Å². The van der Waals surface area contributed by atoms with E-state index in [-0.39, 0.29) is 34.6 Å². The molecule has 1 aromatic rings. The highest BCUT2D eigenvalue weighted by Crippen LogP contribution is 2.60. The lowest BCUT2D eigenvalue weighted by Gasteiger charge is -2.38. The van der Waals surface area contributed by atoms with E-state index in [1.807, 2.05) is 20.8 Å². The number of aliphatic hydroxyl groups excluding tert-OH is 1. The SMILES string of the molecule is CCOc1ccc(NC(=O)[C@H]2[C@@H]3OC4(CC3Br)C(C(=O)NC(C)(C)CC(C)(C)C)N(CCCCCCO)C(=O)[C@H]24)cc1. The van der Waals surface area contributed by atoms with Crippen LogP contribution in [0.1, 0.15) is 80.1 Å². The normalized spacial score (nSPS) is 28.6. The van der Waals surface area contributed by atoms with E-state index in [2.05, 4.69) is 47.3 Å². The first kappa shape index (κ1) is 32.7. The molecule has 1 aromatic carbocycles. The van der Waals surface area contributed by atoms with Gasteiger partial charge in [-0.15, -0.1) is 0 Å². The monoisotopic (exact) mass is 649 g/mol. The smallest absolute Gasteiger partial charge is 0.246 e. The van der Waals surface area contributed by atoms with Crippen molar-refractivity contribution in [2.45, 2.75) is 108 Å². The van der Waals surface area contributed by atoms with Crippen molar-refractivity contribution in [1.82, 2.24) is 10.2 Å². The third kappa shape index (κ3) is 6.81. The van der Waals surface area contributed by atoms with E-state index in [9.17, 15) is 14.4 Å². The molecule has 0 aromatic heterocycles. The molecule has 3 N–H and O–H groups in total. The first-order valence-electron chi connectivity index (χ1n) is 15.3. The van der Waals surface area contributed by atoms with Gasteiger partial charge in [0.25, 0.3) is 0 Å². The summed E-state index contributed by atoms with van der Waals surface area (Å²) in [6.45, 7) is 13.4. The molecule has 0 radical (unpaired) electrons. The summed E-state index contributed by atoms with van der Waals surface area (Å²) in [5.74, 6) is -1.49. The average molecular weight is 651 g/mol. The Morgan fingerprint density at radius 2 is 1.76 bits per heavy atom. The van der Waals surface area contributed by atoms with Gasteiger partial charge in [-0.05, 0) is 76.1 Å². The van der Waals surface area contributed by atoms with Gasteiger partial charge in [0.2, 0.25) is 17.7 Å². The van der Waals surface area contributed by atoms with E-state index in [1.165, 1.54) is 0 Å². The summed E-state index contributed by atoms with van der Waals surface area (Å²) in [5, 5.41) is 15.4. The molecule has 1 spiro atoms. The van der Waals surface area contributed by atoms with Gasteiger partial charge >= 0.3 is 0 Å². The molecule has 9 nitrogen and oxygen atoms in total. The van der Waals surface area contributed by atoms with Crippen LogP contribution in [0.5, 0.6) is 5.75 Å². The van der Waals surface area contributed by atoms with Gasteiger partial charge in [0.05, 0.1) is 24.5 Å². The lowest BCUT2D eigenvalue weighted by molar-refractivity contribution is -0.142. The van der Waals surface area contributed by atoms with Crippen LogP contribution in [0.4, 0.5) is 5.69 Å². The molecule has 3 unspecified atom stereocenters. The van der Waals surface area contributed by atoms with Crippen LogP contribution in [-0.2, 0) is 19.1 Å². The van der Waals surface area contributed by atoms with Crippen molar-refractivity contribution in [3.05, 3.63) is 24.3 Å². The van der Waals surface area contributed by atoms with Crippen molar-refractivity contribution in [3.63, 3.8) is 0 Å². The Balaban J connectivity index is 1.61. The van der Waals surface area contributed by atoms with E-state index >= 15 is 0 Å². The van der Waals surface area contributed by atoms with Crippen LogP contribution in [0.15, 0.2) is 24.3 Å². The summed E-state index contributed by atoms with van der Waals surface area (Å²) in [6.07, 6.45) is 3.78. The molecule has 3 heterocycles. The average Bonchev–Trinajstić information content (AvgIpc) is 3.47. The molecule has 3 aliphatic rings. The second kappa shape index (κ2) is 12.8. The summed E-state index contributed by atoms with van der Waals surface area (Å²) in [4.78, 5) is 43.7. The number of carbonyl (C=O) groups excluding carboxylic acids is 3. The number of aliphatic hydroxyl groups is 1. The molecule has 4 rings (SSSR count). The number of hydrogen-bond donors (Lipinski definition) is 3. The zero-order valence-corrected chi connectivity index (χ0v) is 27.5. The number of carbonyl (C=O) groups is 3. The Labute approximate surface area is 258 Å². The molecule has 3 saturated heterocycles. The van der Waals surface area contributed by atoms with Crippen LogP contribution < -0.4 is 15.4 Å². The zero-order valence-electron chi connectivity index (χ0n) is 25.9. The number of benzene rings is 1. The largest absolute Gasteiger partial charge is 0.494 e. The van der Waals surface area contributed by atoms with Gasteiger partial charge in [-0.1, -0.05) is 49.5 Å². The molecule has 6 atom stereocenters. The summed E-state index contributed by atoms with van der Waals surface area (Å²) >= 11 is 3.74. The van der Waals surface area contributed by atoms with Crippen molar-refractivity contribution in [2.24, 2.45) is 17.3 Å².